The van der Waals surface area contributed by atoms with Crippen molar-refractivity contribution in [1.82, 2.24) is 19.2 Å². The van der Waals surface area contributed by atoms with Crippen LogP contribution in [0, 0.1) is 0 Å². The largest absolute Gasteiger partial charge is 0.497 e. The van der Waals surface area contributed by atoms with Gasteiger partial charge < -0.3 is 9.84 Å². The molecule has 1 N–H and O–H groups in total. The summed E-state index contributed by atoms with van der Waals surface area (Å²) in [4.78, 5) is 27.0. The molecule has 0 amide bonds. The lowest BCUT2D eigenvalue weighted by atomic mass is 10.1. The Hall–Kier alpha value is -2.85. The summed E-state index contributed by atoms with van der Waals surface area (Å²) in [7, 11) is 1.59. The Bertz CT molecular complexity index is 1350. The van der Waals surface area contributed by atoms with Crippen LogP contribution in [0.3, 0.4) is 0 Å². The number of aromatic nitrogens is 4. The molecular formula is C21H20N4O4S2. The zero-order valence-corrected chi connectivity index (χ0v) is 18.5. The van der Waals surface area contributed by atoms with Crippen LogP contribution in [0.5, 0.6) is 5.75 Å². The number of aryl methyl sites for hydroxylation is 2. The highest BCUT2D eigenvalue weighted by Crippen LogP contribution is 2.36. The van der Waals surface area contributed by atoms with E-state index in [1.165, 1.54) is 4.88 Å². The third-order valence-electron chi connectivity index (χ3n) is 5.49. The first-order chi connectivity index (χ1) is 15.1. The molecule has 8 nitrogen and oxygen atoms in total. The van der Waals surface area contributed by atoms with Gasteiger partial charge >= 0.3 is 5.97 Å². The van der Waals surface area contributed by atoms with Crippen molar-refractivity contribution in [2.45, 2.75) is 37.3 Å². The molecule has 0 saturated heterocycles. The number of thiophene rings is 1. The predicted molar refractivity (Wildman–Crippen MR) is 120 cm³/mol. The first kappa shape index (κ1) is 20.1. The van der Waals surface area contributed by atoms with Crippen molar-refractivity contribution in [1.29, 1.82) is 0 Å². The van der Waals surface area contributed by atoms with E-state index in [0.717, 1.165) is 54.3 Å². The maximum atomic E-state index is 13.8. The van der Waals surface area contributed by atoms with Crippen molar-refractivity contribution in [3.8, 4) is 11.4 Å². The lowest BCUT2D eigenvalue weighted by molar-refractivity contribution is -0.133. The van der Waals surface area contributed by atoms with Gasteiger partial charge in [0.15, 0.2) is 5.16 Å². The topological polar surface area (TPSA) is 98.7 Å². The summed E-state index contributed by atoms with van der Waals surface area (Å²) in [6, 6.07) is 7.23. The smallest absolute Gasteiger partial charge is 0.313 e. The van der Waals surface area contributed by atoms with E-state index < -0.39 is 5.97 Å². The number of benzene rings is 1. The van der Waals surface area contributed by atoms with Gasteiger partial charge in [0.25, 0.3) is 5.56 Å². The zero-order valence-electron chi connectivity index (χ0n) is 16.8. The summed E-state index contributed by atoms with van der Waals surface area (Å²) < 4.78 is 8.66. The molecule has 1 aromatic carbocycles. The maximum absolute atomic E-state index is 13.8. The molecule has 1 aliphatic carbocycles. The number of thioether (sulfide) groups is 1. The number of carboxylic acids is 1. The molecule has 0 bridgehead atoms. The van der Waals surface area contributed by atoms with Crippen molar-refractivity contribution in [2.75, 3.05) is 12.9 Å². The highest BCUT2D eigenvalue weighted by atomic mass is 32.2. The van der Waals surface area contributed by atoms with Crippen LogP contribution >= 0.6 is 23.1 Å². The SMILES string of the molecule is COc1ccc(-n2c(=O)c3c4c(sc3n3c(SCC(=O)O)nnc23)CCCCC4)cc1. The second kappa shape index (κ2) is 8.01. The van der Waals surface area contributed by atoms with Gasteiger partial charge in [-0.15, -0.1) is 21.5 Å². The predicted octanol–water partition coefficient (Wildman–Crippen LogP) is 3.55. The van der Waals surface area contributed by atoms with Gasteiger partial charge in [0.05, 0.1) is 23.9 Å². The lowest BCUT2D eigenvalue weighted by Gasteiger charge is -2.10. The number of hydrogen-bond acceptors (Lipinski definition) is 7. The lowest BCUT2D eigenvalue weighted by Crippen LogP contribution is -2.22. The number of ether oxygens (including phenoxy) is 1. The average Bonchev–Trinajstić information content (AvgIpc) is 3.27. The highest BCUT2D eigenvalue weighted by molar-refractivity contribution is 7.99. The third-order valence-corrected chi connectivity index (χ3v) is 7.69. The molecule has 5 rings (SSSR count). The van der Waals surface area contributed by atoms with E-state index >= 15 is 0 Å². The number of carbonyl (C=O) groups is 1. The van der Waals surface area contributed by atoms with Crippen molar-refractivity contribution < 1.29 is 14.6 Å². The van der Waals surface area contributed by atoms with Crippen LogP contribution in [-0.4, -0.2) is 43.1 Å². The Morgan fingerprint density at radius 1 is 1.19 bits per heavy atom. The number of nitrogens with zero attached hydrogens (tertiary/aromatic N) is 4. The number of fused-ring (bicyclic) bond motifs is 5. The Morgan fingerprint density at radius 2 is 1.97 bits per heavy atom. The Kier molecular flexibility index (Phi) is 5.19. The minimum absolute atomic E-state index is 0.116. The Morgan fingerprint density at radius 3 is 2.71 bits per heavy atom. The fraction of sp³-hybridized carbons (Fsp3) is 0.333. The molecule has 1 aliphatic rings. The molecule has 0 fully saturated rings. The molecule has 0 atom stereocenters. The fourth-order valence-corrected chi connectivity index (χ4v) is 6.17. The van der Waals surface area contributed by atoms with E-state index in [9.17, 15) is 9.59 Å². The molecule has 0 unspecified atom stereocenters. The van der Waals surface area contributed by atoms with Gasteiger partial charge in [-0.2, -0.15) is 0 Å². The van der Waals surface area contributed by atoms with Crippen molar-refractivity contribution in [3.63, 3.8) is 0 Å². The molecule has 10 heteroatoms. The first-order valence-corrected chi connectivity index (χ1v) is 11.8. The van der Waals surface area contributed by atoms with Gasteiger partial charge in [0, 0.05) is 4.88 Å². The molecular weight excluding hydrogens is 436 g/mol. The summed E-state index contributed by atoms with van der Waals surface area (Å²) in [5.74, 6) is 0.0162. The zero-order chi connectivity index (χ0) is 21.5. The van der Waals surface area contributed by atoms with Crippen LogP contribution in [0.2, 0.25) is 0 Å². The molecule has 0 saturated carbocycles. The van der Waals surface area contributed by atoms with Crippen molar-refractivity contribution in [3.05, 3.63) is 45.1 Å². The van der Waals surface area contributed by atoms with E-state index in [1.807, 2.05) is 16.5 Å². The van der Waals surface area contributed by atoms with Gasteiger partial charge in [0.2, 0.25) is 5.78 Å². The molecule has 160 valence electrons. The monoisotopic (exact) mass is 456 g/mol. The summed E-state index contributed by atoms with van der Waals surface area (Å²) in [6.07, 6.45) is 5.15. The molecule has 0 radical (unpaired) electrons. The number of carboxylic acid groups (broad SMARTS) is 1. The normalized spacial score (nSPS) is 14.0. The standard InChI is InChI=1S/C21H20N4O4S2/c1-29-13-9-7-12(8-10-13)24-18(28)17-14-5-3-2-4-6-15(14)31-19(17)25-20(24)22-23-21(25)30-11-16(26)27/h7-10H,2-6,11H2,1H3,(H,26,27). The minimum atomic E-state index is -0.927. The van der Waals surface area contributed by atoms with E-state index in [0.29, 0.717) is 27.8 Å². The van der Waals surface area contributed by atoms with Crippen LogP contribution in [0.15, 0.2) is 34.2 Å². The van der Waals surface area contributed by atoms with Gasteiger partial charge in [-0.25, -0.2) is 8.97 Å². The van der Waals surface area contributed by atoms with E-state index in [4.69, 9.17) is 9.84 Å². The second-order valence-corrected chi connectivity index (χ2v) is 9.41. The van der Waals surface area contributed by atoms with Crippen LogP contribution in [0.1, 0.15) is 29.7 Å². The first-order valence-electron chi connectivity index (χ1n) is 10.0. The maximum Gasteiger partial charge on any atom is 0.313 e. The average molecular weight is 457 g/mol. The van der Waals surface area contributed by atoms with Crippen LogP contribution in [0.4, 0.5) is 0 Å². The van der Waals surface area contributed by atoms with E-state index in [2.05, 4.69) is 10.2 Å². The molecule has 31 heavy (non-hydrogen) atoms. The van der Waals surface area contributed by atoms with Gasteiger partial charge in [-0.1, -0.05) is 18.2 Å². The van der Waals surface area contributed by atoms with Crippen LogP contribution < -0.4 is 10.3 Å². The second-order valence-electron chi connectivity index (χ2n) is 7.38. The number of aliphatic carboxylic acids is 1. The molecule has 4 aromatic rings. The quantitative estimate of drug-likeness (QED) is 0.362. The summed E-state index contributed by atoms with van der Waals surface area (Å²) in [5, 5.41) is 18.8. The number of rotatable bonds is 5. The van der Waals surface area contributed by atoms with Gasteiger partial charge in [0.1, 0.15) is 10.6 Å². The van der Waals surface area contributed by atoms with Crippen LogP contribution in [-0.2, 0) is 17.6 Å². The summed E-state index contributed by atoms with van der Waals surface area (Å²) >= 11 is 2.72. The van der Waals surface area contributed by atoms with Crippen LogP contribution in [0.25, 0.3) is 21.7 Å². The van der Waals surface area contributed by atoms with Gasteiger partial charge in [-0.05, 0) is 55.5 Å². The Labute approximate surface area is 185 Å². The number of hydrogen-bond donors (Lipinski definition) is 1. The minimum Gasteiger partial charge on any atom is -0.497 e. The molecule has 0 aliphatic heterocycles. The van der Waals surface area contributed by atoms with Crippen molar-refractivity contribution >= 4 is 45.1 Å². The highest BCUT2D eigenvalue weighted by Gasteiger charge is 2.25. The molecule has 0 spiro atoms. The van der Waals surface area contributed by atoms with E-state index in [-0.39, 0.29) is 11.3 Å². The summed E-state index contributed by atoms with van der Waals surface area (Å²) in [6.45, 7) is 0. The van der Waals surface area contributed by atoms with Crippen molar-refractivity contribution in [2.24, 2.45) is 0 Å². The van der Waals surface area contributed by atoms with Gasteiger partial charge in [-0.3, -0.25) is 9.59 Å². The third kappa shape index (κ3) is 3.39. The molecule has 3 aromatic heterocycles. The Balaban J connectivity index is 1.84. The summed E-state index contributed by atoms with van der Waals surface area (Å²) in [5.41, 5.74) is 1.66. The van der Waals surface area contributed by atoms with E-state index in [1.54, 1.807) is 35.1 Å². The number of methoxy groups -OCH3 is 1. The fourth-order valence-electron chi connectivity index (χ4n) is 4.08. The molecule has 3 heterocycles.